The van der Waals surface area contributed by atoms with Gasteiger partial charge < -0.3 is 11.1 Å². The molecule has 0 aliphatic carbocycles. The van der Waals surface area contributed by atoms with E-state index in [4.69, 9.17) is 11.0 Å². The Morgan fingerprint density at radius 2 is 1.94 bits per heavy atom. The van der Waals surface area contributed by atoms with E-state index in [-0.39, 0.29) is 5.82 Å². The minimum atomic E-state index is -0.390. The van der Waals surface area contributed by atoms with E-state index in [9.17, 15) is 4.39 Å². The number of hydrogen-bond donors (Lipinski definition) is 2. The first-order valence-electron chi connectivity index (χ1n) is 5.12. The zero-order chi connectivity index (χ0) is 13.1. The number of nitriles is 1. The minimum Gasteiger partial charge on any atom is -0.399 e. The SMILES string of the molecule is N#Cc1cc(N)ccc1Nc1cc(Br)ccc1F. The van der Waals surface area contributed by atoms with Gasteiger partial charge >= 0.3 is 0 Å². The second-order valence-electron chi connectivity index (χ2n) is 3.67. The third-order valence-corrected chi connectivity index (χ3v) is 2.86. The fraction of sp³-hybridized carbons (Fsp3) is 0. The van der Waals surface area contributed by atoms with Crippen molar-refractivity contribution in [1.29, 1.82) is 5.26 Å². The maximum absolute atomic E-state index is 13.6. The van der Waals surface area contributed by atoms with Crippen molar-refractivity contribution in [2.75, 3.05) is 11.1 Å². The van der Waals surface area contributed by atoms with Crippen molar-refractivity contribution in [2.24, 2.45) is 0 Å². The highest BCUT2D eigenvalue weighted by Crippen LogP contribution is 2.26. The molecule has 0 heterocycles. The lowest BCUT2D eigenvalue weighted by Gasteiger charge is -2.10. The number of anilines is 3. The lowest BCUT2D eigenvalue weighted by molar-refractivity contribution is 0.631. The Morgan fingerprint density at radius 3 is 2.67 bits per heavy atom. The van der Waals surface area contributed by atoms with Crippen molar-refractivity contribution in [3.8, 4) is 6.07 Å². The summed E-state index contributed by atoms with van der Waals surface area (Å²) >= 11 is 3.27. The van der Waals surface area contributed by atoms with Gasteiger partial charge in [0.25, 0.3) is 0 Å². The van der Waals surface area contributed by atoms with Gasteiger partial charge in [0, 0.05) is 10.2 Å². The summed E-state index contributed by atoms with van der Waals surface area (Å²) in [5.74, 6) is -0.390. The number of hydrogen-bond acceptors (Lipinski definition) is 3. The molecule has 0 radical (unpaired) electrons. The minimum absolute atomic E-state index is 0.297. The smallest absolute Gasteiger partial charge is 0.146 e. The van der Waals surface area contributed by atoms with E-state index in [1.54, 1.807) is 24.3 Å². The highest BCUT2D eigenvalue weighted by molar-refractivity contribution is 9.10. The number of nitrogens with one attached hydrogen (secondary N) is 1. The molecule has 2 aromatic rings. The van der Waals surface area contributed by atoms with Gasteiger partial charge in [0.15, 0.2) is 0 Å². The molecule has 90 valence electrons. The predicted octanol–water partition coefficient (Wildman–Crippen LogP) is 3.79. The van der Waals surface area contributed by atoms with Crippen molar-refractivity contribution >= 4 is 33.0 Å². The average molecular weight is 306 g/mol. The van der Waals surface area contributed by atoms with E-state index < -0.39 is 0 Å². The van der Waals surface area contributed by atoms with Crippen LogP contribution in [0.3, 0.4) is 0 Å². The molecule has 0 amide bonds. The lowest BCUT2D eigenvalue weighted by Crippen LogP contribution is -1.97. The van der Waals surface area contributed by atoms with Crippen LogP contribution in [-0.2, 0) is 0 Å². The first kappa shape index (κ1) is 12.4. The van der Waals surface area contributed by atoms with Crippen molar-refractivity contribution in [2.45, 2.75) is 0 Å². The monoisotopic (exact) mass is 305 g/mol. The van der Waals surface area contributed by atoms with Crippen molar-refractivity contribution in [1.82, 2.24) is 0 Å². The summed E-state index contributed by atoms with van der Waals surface area (Å²) in [6.07, 6.45) is 0. The highest BCUT2D eigenvalue weighted by Gasteiger charge is 2.07. The first-order valence-corrected chi connectivity index (χ1v) is 5.91. The summed E-state index contributed by atoms with van der Waals surface area (Å²) in [4.78, 5) is 0. The third kappa shape index (κ3) is 2.60. The van der Waals surface area contributed by atoms with Crippen LogP contribution in [0.5, 0.6) is 0 Å². The summed E-state index contributed by atoms with van der Waals surface area (Å²) < 4.78 is 14.3. The molecule has 0 bridgehead atoms. The Balaban J connectivity index is 2.40. The van der Waals surface area contributed by atoms with Gasteiger partial charge in [-0.05, 0) is 36.4 Å². The van der Waals surface area contributed by atoms with E-state index in [1.807, 2.05) is 6.07 Å². The molecule has 5 heteroatoms. The molecule has 0 saturated carbocycles. The van der Waals surface area contributed by atoms with Gasteiger partial charge in [0.2, 0.25) is 0 Å². The molecule has 3 N–H and O–H groups in total. The quantitative estimate of drug-likeness (QED) is 0.830. The van der Waals surface area contributed by atoms with Crippen LogP contribution < -0.4 is 11.1 Å². The molecular formula is C13H9BrFN3. The standard InChI is InChI=1S/C13H9BrFN3/c14-9-1-3-11(15)13(6-9)18-12-4-2-10(17)5-8(12)7-16/h1-6,18H,17H2. The fourth-order valence-corrected chi connectivity index (χ4v) is 1.86. The number of benzene rings is 2. The number of rotatable bonds is 2. The maximum atomic E-state index is 13.6. The van der Waals surface area contributed by atoms with E-state index in [0.29, 0.717) is 22.6 Å². The topological polar surface area (TPSA) is 61.8 Å². The van der Waals surface area contributed by atoms with Crippen molar-refractivity contribution in [3.63, 3.8) is 0 Å². The van der Waals surface area contributed by atoms with E-state index in [2.05, 4.69) is 21.2 Å². The molecule has 0 aliphatic rings. The molecular weight excluding hydrogens is 297 g/mol. The van der Waals surface area contributed by atoms with Gasteiger partial charge in [-0.25, -0.2) is 4.39 Å². The van der Waals surface area contributed by atoms with E-state index >= 15 is 0 Å². The van der Waals surface area contributed by atoms with Crippen LogP contribution in [0.2, 0.25) is 0 Å². The number of nitrogens with zero attached hydrogens (tertiary/aromatic N) is 1. The van der Waals surface area contributed by atoms with E-state index in [1.165, 1.54) is 12.1 Å². The van der Waals surface area contributed by atoms with Crippen molar-refractivity contribution < 1.29 is 4.39 Å². The Hall–Kier alpha value is -2.06. The second-order valence-corrected chi connectivity index (χ2v) is 4.58. The zero-order valence-corrected chi connectivity index (χ0v) is 10.8. The zero-order valence-electron chi connectivity index (χ0n) is 9.24. The molecule has 0 aromatic heterocycles. The first-order chi connectivity index (χ1) is 8.60. The predicted molar refractivity (Wildman–Crippen MR) is 73.0 cm³/mol. The van der Waals surface area contributed by atoms with Crippen molar-refractivity contribution in [3.05, 3.63) is 52.3 Å². The Labute approximate surface area is 112 Å². The van der Waals surface area contributed by atoms with Crippen LogP contribution in [0, 0.1) is 17.1 Å². The molecule has 0 atom stereocenters. The van der Waals surface area contributed by atoms with Crippen LogP contribution in [0.1, 0.15) is 5.56 Å². The number of nitrogens with two attached hydrogens (primary N) is 1. The number of halogens is 2. The molecule has 0 unspecified atom stereocenters. The van der Waals surface area contributed by atoms with Gasteiger partial charge in [-0.15, -0.1) is 0 Å². The lowest BCUT2D eigenvalue weighted by atomic mass is 10.1. The van der Waals surface area contributed by atoms with Gasteiger partial charge in [-0.3, -0.25) is 0 Å². The Kier molecular flexibility index (Phi) is 3.49. The largest absolute Gasteiger partial charge is 0.399 e. The molecule has 0 saturated heterocycles. The summed E-state index contributed by atoms with van der Waals surface area (Å²) in [5.41, 5.74) is 7.27. The average Bonchev–Trinajstić information content (AvgIpc) is 2.36. The summed E-state index contributed by atoms with van der Waals surface area (Å²) in [6.45, 7) is 0. The maximum Gasteiger partial charge on any atom is 0.146 e. The fourth-order valence-electron chi connectivity index (χ4n) is 1.50. The molecule has 0 fully saturated rings. The van der Waals surface area contributed by atoms with Gasteiger partial charge in [0.1, 0.15) is 11.9 Å². The van der Waals surface area contributed by atoms with Gasteiger partial charge in [0.05, 0.1) is 16.9 Å². The molecule has 0 spiro atoms. The Morgan fingerprint density at radius 1 is 1.17 bits per heavy atom. The Bertz CT molecular complexity index is 635. The molecule has 2 rings (SSSR count). The van der Waals surface area contributed by atoms with Crippen LogP contribution in [-0.4, -0.2) is 0 Å². The summed E-state index contributed by atoms with van der Waals surface area (Å²) in [6, 6.07) is 11.4. The van der Waals surface area contributed by atoms with E-state index in [0.717, 1.165) is 4.47 Å². The highest BCUT2D eigenvalue weighted by atomic mass is 79.9. The van der Waals surface area contributed by atoms with Crippen LogP contribution >= 0.6 is 15.9 Å². The molecule has 3 nitrogen and oxygen atoms in total. The van der Waals surface area contributed by atoms with Crippen LogP contribution in [0.15, 0.2) is 40.9 Å². The van der Waals surface area contributed by atoms with Crippen LogP contribution in [0.25, 0.3) is 0 Å². The molecule has 0 aliphatic heterocycles. The summed E-state index contributed by atoms with van der Waals surface area (Å²) in [7, 11) is 0. The van der Waals surface area contributed by atoms with Crippen LogP contribution in [0.4, 0.5) is 21.5 Å². The molecule has 18 heavy (non-hydrogen) atoms. The van der Waals surface area contributed by atoms with Gasteiger partial charge in [-0.1, -0.05) is 15.9 Å². The third-order valence-electron chi connectivity index (χ3n) is 2.36. The second kappa shape index (κ2) is 5.07. The molecule has 2 aromatic carbocycles. The van der Waals surface area contributed by atoms with Gasteiger partial charge in [-0.2, -0.15) is 5.26 Å². The number of nitrogen functional groups attached to an aromatic ring is 1. The normalized spacial score (nSPS) is 9.83. The summed E-state index contributed by atoms with van der Waals surface area (Å²) in [5, 5.41) is 11.9.